The van der Waals surface area contributed by atoms with Gasteiger partial charge in [-0.2, -0.15) is 0 Å². The Morgan fingerprint density at radius 2 is 1.81 bits per heavy atom. The van der Waals surface area contributed by atoms with Crippen LogP contribution in [0.3, 0.4) is 0 Å². The van der Waals surface area contributed by atoms with E-state index in [4.69, 9.17) is 4.74 Å². The van der Waals surface area contributed by atoms with Gasteiger partial charge in [0.25, 0.3) is 0 Å². The Kier molecular flexibility index (Phi) is 4.10. The molecular formula is C19H14FN5O. The lowest BCUT2D eigenvalue weighted by Crippen LogP contribution is -2.00. The molecule has 0 saturated carbocycles. The van der Waals surface area contributed by atoms with Crippen molar-refractivity contribution in [2.24, 2.45) is 0 Å². The van der Waals surface area contributed by atoms with Crippen LogP contribution >= 0.6 is 0 Å². The molecule has 0 aliphatic rings. The van der Waals surface area contributed by atoms with Gasteiger partial charge in [-0.1, -0.05) is 24.3 Å². The topological polar surface area (TPSA) is 65.7 Å². The minimum atomic E-state index is -0.310. The van der Waals surface area contributed by atoms with Crippen LogP contribution in [0.4, 0.5) is 4.39 Å². The Labute approximate surface area is 148 Å². The van der Waals surface area contributed by atoms with Gasteiger partial charge in [-0.05, 0) is 35.5 Å². The number of benzene rings is 2. The molecule has 0 bridgehead atoms. The first kappa shape index (κ1) is 15.9. The number of rotatable bonds is 4. The van der Waals surface area contributed by atoms with Crippen LogP contribution < -0.4 is 4.74 Å². The molecule has 0 amide bonds. The molecule has 128 valence electrons. The standard InChI is InChI=1S/C19H14FN5O/c1-26-18-12-13(9-10-15(18)14-6-2-3-7-16(14)20)25-23-19(22-24-25)17-8-4-5-11-21-17/h2-12H,1H3. The Bertz CT molecular complexity index is 1050. The van der Waals surface area contributed by atoms with Crippen LogP contribution in [0.1, 0.15) is 0 Å². The summed E-state index contributed by atoms with van der Waals surface area (Å²) in [6, 6.07) is 17.3. The number of tetrazole rings is 1. The fraction of sp³-hybridized carbons (Fsp3) is 0.0526. The maximum absolute atomic E-state index is 14.1. The fourth-order valence-electron chi connectivity index (χ4n) is 2.63. The highest BCUT2D eigenvalue weighted by atomic mass is 19.1. The molecule has 26 heavy (non-hydrogen) atoms. The van der Waals surface area contributed by atoms with E-state index in [9.17, 15) is 4.39 Å². The molecule has 0 unspecified atom stereocenters. The number of methoxy groups -OCH3 is 1. The van der Waals surface area contributed by atoms with Crippen LogP contribution in [-0.2, 0) is 0 Å². The Balaban J connectivity index is 1.73. The van der Waals surface area contributed by atoms with Crippen LogP contribution in [0.5, 0.6) is 5.75 Å². The van der Waals surface area contributed by atoms with Gasteiger partial charge in [0.15, 0.2) is 0 Å². The van der Waals surface area contributed by atoms with Crippen molar-refractivity contribution in [3.8, 4) is 34.1 Å². The predicted molar refractivity (Wildman–Crippen MR) is 94.3 cm³/mol. The third kappa shape index (κ3) is 2.90. The average molecular weight is 347 g/mol. The summed E-state index contributed by atoms with van der Waals surface area (Å²) >= 11 is 0. The highest BCUT2D eigenvalue weighted by Crippen LogP contribution is 2.33. The van der Waals surface area contributed by atoms with Gasteiger partial charge in [0, 0.05) is 23.4 Å². The highest BCUT2D eigenvalue weighted by Gasteiger charge is 2.13. The molecule has 0 radical (unpaired) electrons. The van der Waals surface area contributed by atoms with Gasteiger partial charge in [-0.15, -0.1) is 15.0 Å². The number of halogens is 1. The minimum absolute atomic E-state index is 0.310. The summed E-state index contributed by atoms with van der Waals surface area (Å²) in [4.78, 5) is 5.60. The van der Waals surface area contributed by atoms with Crippen LogP contribution in [0.25, 0.3) is 28.3 Å². The highest BCUT2D eigenvalue weighted by molar-refractivity contribution is 5.72. The number of aromatic nitrogens is 5. The predicted octanol–water partition coefficient (Wildman–Crippen LogP) is 3.54. The number of hydrogen-bond donors (Lipinski definition) is 0. The van der Waals surface area contributed by atoms with Crippen LogP contribution in [0.15, 0.2) is 66.9 Å². The van der Waals surface area contributed by atoms with Crippen molar-refractivity contribution in [3.63, 3.8) is 0 Å². The maximum Gasteiger partial charge on any atom is 0.223 e. The van der Waals surface area contributed by atoms with Crippen molar-refractivity contribution in [1.29, 1.82) is 0 Å². The van der Waals surface area contributed by atoms with Gasteiger partial charge in [0.2, 0.25) is 5.82 Å². The van der Waals surface area contributed by atoms with E-state index in [1.54, 1.807) is 42.6 Å². The first-order valence-corrected chi connectivity index (χ1v) is 7.91. The van der Waals surface area contributed by atoms with E-state index >= 15 is 0 Å². The molecule has 0 saturated heterocycles. The number of ether oxygens (including phenoxy) is 1. The van der Waals surface area contributed by atoms with E-state index in [0.717, 1.165) is 0 Å². The maximum atomic E-state index is 14.1. The van der Waals surface area contributed by atoms with Gasteiger partial charge < -0.3 is 4.74 Å². The summed E-state index contributed by atoms with van der Waals surface area (Å²) in [5.41, 5.74) is 2.40. The monoisotopic (exact) mass is 347 g/mol. The molecule has 2 aromatic heterocycles. The van der Waals surface area contributed by atoms with Crippen LogP contribution in [-0.4, -0.2) is 32.3 Å². The molecule has 2 heterocycles. The fourth-order valence-corrected chi connectivity index (χ4v) is 2.63. The number of nitrogens with zero attached hydrogens (tertiary/aromatic N) is 5. The lowest BCUT2D eigenvalue weighted by Gasteiger charge is -2.11. The lowest BCUT2D eigenvalue weighted by molar-refractivity contribution is 0.415. The zero-order valence-corrected chi connectivity index (χ0v) is 13.9. The molecule has 4 rings (SSSR count). The lowest BCUT2D eigenvalue weighted by atomic mass is 10.0. The second kappa shape index (κ2) is 6.72. The zero-order valence-electron chi connectivity index (χ0n) is 13.9. The first-order chi connectivity index (χ1) is 12.8. The SMILES string of the molecule is COc1cc(-n2nnc(-c3ccccn3)n2)ccc1-c1ccccc1F. The third-order valence-corrected chi connectivity index (χ3v) is 3.89. The van der Waals surface area contributed by atoms with Gasteiger partial charge in [-0.3, -0.25) is 4.98 Å². The van der Waals surface area contributed by atoms with Crippen molar-refractivity contribution in [3.05, 3.63) is 72.7 Å². The van der Waals surface area contributed by atoms with Crippen LogP contribution in [0, 0.1) is 5.82 Å². The summed E-state index contributed by atoms with van der Waals surface area (Å²) in [7, 11) is 1.54. The average Bonchev–Trinajstić information content (AvgIpc) is 3.19. The van der Waals surface area contributed by atoms with E-state index in [1.165, 1.54) is 18.0 Å². The van der Waals surface area contributed by atoms with E-state index in [2.05, 4.69) is 20.4 Å². The Hall–Kier alpha value is -3.61. The summed E-state index contributed by atoms with van der Waals surface area (Å²) in [6.07, 6.45) is 1.67. The molecule has 0 spiro atoms. The number of hydrogen-bond acceptors (Lipinski definition) is 5. The van der Waals surface area contributed by atoms with Gasteiger partial charge in [0.05, 0.1) is 12.8 Å². The molecule has 0 aliphatic heterocycles. The second-order valence-electron chi connectivity index (χ2n) is 5.48. The molecule has 0 atom stereocenters. The normalized spacial score (nSPS) is 10.7. The summed E-state index contributed by atoms with van der Waals surface area (Å²) < 4.78 is 19.5. The first-order valence-electron chi connectivity index (χ1n) is 7.91. The molecule has 2 aromatic carbocycles. The molecule has 0 aliphatic carbocycles. The molecule has 0 fully saturated rings. The molecular weight excluding hydrogens is 333 g/mol. The van der Waals surface area contributed by atoms with E-state index in [1.807, 2.05) is 18.2 Å². The molecule has 7 heteroatoms. The van der Waals surface area contributed by atoms with Gasteiger partial charge >= 0.3 is 0 Å². The molecule has 4 aromatic rings. The Morgan fingerprint density at radius 3 is 2.58 bits per heavy atom. The van der Waals surface area contributed by atoms with Crippen LogP contribution in [0.2, 0.25) is 0 Å². The number of pyridine rings is 1. The Morgan fingerprint density at radius 1 is 0.962 bits per heavy atom. The van der Waals surface area contributed by atoms with Gasteiger partial charge in [0.1, 0.15) is 17.3 Å². The van der Waals surface area contributed by atoms with Crippen molar-refractivity contribution in [2.75, 3.05) is 7.11 Å². The summed E-state index contributed by atoms with van der Waals surface area (Å²) in [5, 5.41) is 12.4. The van der Waals surface area contributed by atoms with E-state index in [-0.39, 0.29) is 5.82 Å². The third-order valence-electron chi connectivity index (χ3n) is 3.89. The van der Waals surface area contributed by atoms with Gasteiger partial charge in [-0.25, -0.2) is 4.39 Å². The quantitative estimate of drug-likeness (QED) is 0.565. The van der Waals surface area contributed by atoms with Crippen molar-refractivity contribution >= 4 is 0 Å². The zero-order chi connectivity index (χ0) is 17.9. The van der Waals surface area contributed by atoms with E-state index in [0.29, 0.717) is 34.1 Å². The smallest absolute Gasteiger partial charge is 0.223 e. The second-order valence-corrected chi connectivity index (χ2v) is 5.48. The van der Waals surface area contributed by atoms with E-state index < -0.39 is 0 Å². The molecule has 0 N–H and O–H groups in total. The van der Waals surface area contributed by atoms with Crippen molar-refractivity contribution in [2.45, 2.75) is 0 Å². The summed E-state index contributed by atoms with van der Waals surface area (Å²) in [5.74, 6) is 0.627. The van der Waals surface area contributed by atoms with Crippen molar-refractivity contribution in [1.82, 2.24) is 25.2 Å². The molecule has 6 nitrogen and oxygen atoms in total. The largest absolute Gasteiger partial charge is 0.496 e. The minimum Gasteiger partial charge on any atom is -0.496 e. The summed E-state index contributed by atoms with van der Waals surface area (Å²) in [6.45, 7) is 0. The van der Waals surface area contributed by atoms with Crippen molar-refractivity contribution < 1.29 is 9.13 Å².